The van der Waals surface area contributed by atoms with Crippen molar-refractivity contribution in [1.29, 1.82) is 0 Å². The number of rotatable bonds is 4. The van der Waals surface area contributed by atoms with Crippen molar-refractivity contribution in [3.8, 4) is 11.5 Å². The van der Waals surface area contributed by atoms with Crippen LogP contribution in [-0.2, 0) is 9.53 Å². The summed E-state index contributed by atoms with van der Waals surface area (Å²) >= 11 is 0. The topological polar surface area (TPSA) is 26.3 Å². The number of hydrogen-bond acceptors (Lipinski definition) is 2. The summed E-state index contributed by atoms with van der Waals surface area (Å²) in [6, 6.07) is 0. The molecule has 114 valence electrons. The first-order valence-corrected chi connectivity index (χ1v) is 11.1. The second-order valence-corrected chi connectivity index (χ2v) is 11.1. The van der Waals surface area contributed by atoms with E-state index in [-0.39, 0.29) is 12.1 Å². The molecule has 0 aromatic rings. The highest BCUT2D eigenvalue weighted by Gasteiger charge is 2.07. The van der Waals surface area contributed by atoms with Gasteiger partial charge in [-0.25, -0.2) is 4.79 Å². The van der Waals surface area contributed by atoms with Crippen LogP contribution in [0.1, 0.15) is 32.6 Å². The number of esters is 1. The van der Waals surface area contributed by atoms with Crippen LogP contribution in [0.4, 0.5) is 0 Å². The summed E-state index contributed by atoms with van der Waals surface area (Å²) in [4.78, 5) is 11.7. The van der Waals surface area contributed by atoms with E-state index >= 15 is 0 Å². The zero-order valence-corrected chi connectivity index (χ0v) is 14.6. The zero-order valence-electron chi connectivity index (χ0n) is 13.6. The zero-order chi connectivity index (χ0) is 15.7. The van der Waals surface area contributed by atoms with E-state index in [1.54, 1.807) is 6.08 Å². The molecule has 1 rings (SSSR count). The minimum atomic E-state index is -1.33. The van der Waals surface area contributed by atoms with Gasteiger partial charge in [-0.1, -0.05) is 43.3 Å². The second-order valence-electron chi connectivity index (χ2n) is 6.38. The van der Waals surface area contributed by atoms with Gasteiger partial charge in [0.15, 0.2) is 0 Å². The summed E-state index contributed by atoms with van der Waals surface area (Å²) in [6.45, 7) is 8.43. The van der Waals surface area contributed by atoms with Crippen LogP contribution < -0.4 is 0 Å². The molecular weight excluding hydrogens is 276 g/mol. The van der Waals surface area contributed by atoms with E-state index in [4.69, 9.17) is 4.74 Å². The average Bonchev–Trinajstić information content (AvgIpc) is 2.41. The summed E-state index contributed by atoms with van der Waals surface area (Å²) < 4.78 is 5.28. The van der Waals surface area contributed by atoms with Gasteiger partial charge < -0.3 is 4.74 Å². The molecule has 0 radical (unpaired) electrons. The van der Waals surface area contributed by atoms with E-state index in [9.17, 15) is 4.79 Å². The highest BCUT2D eigenvalue weighted by molar-refractivity contribution is 6.83. The van der Waals surface area contributed by atoms with Crippen molar-refractivity contribution in [3.63, 3.8) is 0 Å². The maximum Gasteiger partial charge on any atom is 0.331 e. The summed E-state index contributed by atoms with van der Waals surface area (Å²) in [5.41, 5.74) is 4.48. The van der Waals surface area contributed by atoms with Crippen molar-refractivity contribution in [2.24, 2.45) is 0 Å². The molecule has 0 saturated heterocycles. The van der Waals surface area contributed by atoms with Crippen molar-refractivity contribution in [1.82, 2.24) is 0 Å². The summed E-state index contributed by atoms with van der Waals surface area (Å²) in [5, 5.41) is 0. The highest BCUT2D eigenvalue weighted by Crippen LogP contribution is 2.18. The smallest absolute Gasteiger partial charge is 0.331 e. The highest BCUT2D eigenvalue weighted by atomic mass is 28.3. The Kier molecular flexibility index (Phi) is 7.25. The van der Waals surface area contributed by atoms with Gasteiger partial charge in [-0.3, -0.25) is 0 Å². The third-order valence-electron chi connectivity index (χ3n) is 2.96. The molecule has 0 bridgehead atoms. The Morgan fingerprint density at radius 1 is 1.38 bits per heavy atom. The van der Waals surface area contributed by atoms with Gasteiger partial charge in [0.2, 0.25) is 0 Å². The third kappa shape index (κ3) is 9.09. The van der Waals surface area contributed by atoms with E-state index in [0.29, 0.717) is 0 Å². The lowest BCUT2D eigenvalue weighted by Gasteiger charge is -2.09. The Bertz CT molecular complexity index is 496. The fraction of sp³-hybridized carbons (Fsp3) is 0.500. The van der Waals surface area contributed by atoms with Gasteiger partial charge in [-0.15, -0.1) is 5.54 Å². The Morgan fingerprint density at radius 2 is 2.14 bits per heavy atom. The van der Waals surface area contributed by atoms with E-state index in [1.807, 2.05) is 19.1 Å². The molecule has 0 N–H and O–H groups in total. The molecule has 3 heteroatoms. The molecule has 0 spiro atoms. The fourth-order valence-corrected chi connectivity index (χ4v) is 2.41. The number of carbonyl (C=O) groups is 1. The predicted octanol–water partition coefficient (Wildman–Crippen LogP) is 4.41. The Labute approximate surface area is 130 Å². The maximum atomic E-state index is 11.7. The molecule has 0 aromatic heterocycles. The van der Waals surface area contributed by atoms with E-state index in [2.05, 4.69) is 37.2 Å². The van der Waals surface area contributed by atoms with Crippen LogP contribution in [0.25, 0.3) is 0 Å². The SMILES string of the molecule is C[C@@H](/C=C\C#C[Si](C)(C)C)OC(=O)/C=C/C1=CCCCC1. The average molecular weight is 302 g/mol. The van der Waals surface area contributed by atoms with Gasteiger partial charge in [0, 0.05) is 6.08 Å². The van der Waals surface area contributed by atoms with Gasteiger partial charge in [-0.05, 0) is 44.8 Å². The lowest BCUT2D eigenvalue weighted by molar-refractivity contribution is -0.140. The number of hydrogen-bond donors (Lipinski definition) is 0. The van der Waals surface area contributed by atoms with Crippen LogP contribution in [0.2, 0.25) is 19.6 Å². The predicted molar refractivity (Wildman–Crippen MR) is 91.5 cm³/mol. The molecule has 0 heterocycles. The van der Waals surface area contributed by atoms with Crippen LogP contribution in [0.5, 0.6) is 0 Å². The molecule has 2 nitrogen and oxygen atoms in total. The van der Waals surface area contributed by atoms with Crippen LogP contribution >= 0.6 is 0 Å². The molecular formula is C18H26O2Si. The van der Waals surface area contributed by atoms with Crippen molar-refractivity contribution >= 4 is 14.0 Å². The summed E-state index contributed by atoms with van der Waals surface area (Å²) in [6.07, 6.45) is 13.6. The molecule has 0 amide bonds. The normalized spacial score (nSPS) is 17.2. The minimum absolute atomic E-state index is 0.251. The Hall–Kier alpha value is -1.53. The molecule has 1 aliphatic rings. The van der Waals surface area contributed by atoms with Crippen LogP contribution in [-0.4, -0.2) is 20.1 Å². The van der Waals surface area contributed by atoms with E-state index < -0.39 is 8.07 Å². The van der Waals surface area contributed by atoms with Crippen LogP contribution in [0.15, 0.2) is 36.0 Å². The molecule has 0 fully saturated rings. The van der Waals surface area contributed by atoms with Crippen LogP contribution in [0, 0.1) is 11.5 Å². The van der Waals surface area contributed by atoms with Crippen LogP contribution in [0.3, 0.4) is 0 Å². The third-order valence-corrected chi connectivity index (χ3v) is 3.85. The van der Waals surface area contributed by atoms with Crippen molar-refractivity contribution in [2.45, 2.75) is 58.4 Å². The number of allylic oxidation sites excluding steroid dienone is 4. The van der Waals surface area contributed by atoms with Gasteiger partial charge in [0.1, 0.15) is 14.2 Å². The first-order chi connectivity index (χ1) is 9.87. The summed E-state index contributed by atoms with van der Waals surface area (Å²) in [7, 11) is -1.33. The van der Waals surface area contributed by atoms with Gasteiger partial charge in [0.05, 0.1) is 0 Å². The lowest BCUT2D eigenvalue weighted by Crippen LogP contribution is -2.16. The minimum Gasteiger partial charge on any atom is -0.455 e. The first-order valence-electron chi connectivity index (χ1n) is 7.64. The molecule has 0 unspecified atom stereocenters. The van der Waals surface area contributed by atoms with Gasteiger partial charge >= 0.3 is 5.97 Å². The van der Waals surface area contributed by atoms with E-state index in [1.165, 1.54) is 24.5 Å². The number of carbonyl (C=O) groups excluding carboxylic acids is 1. The lowest BCUT2D eigenvalue weighted by atomic mass is 9.99. The monoisotopic (exact) mass is 302 g/mol. The first kappa shape index (κ1) is 17.5. The summed E-state index contributed by atoms with van der Waals surface area (Å²) in [5.74, 6) is 2.73. The van der Waals surface area contributed by atoms with Crippen molar-refractivity contribution in [3.05, 3.63) is 36.0 Å². The molecule has 0 aromatic carbocycles. The number of ether oxygens (including phenoxy) is 1. The Balaban J connectivity index is 2.39. The van der Waals surface area contributed by atoms with Crippen molar-refractivity contribution < 1.29 is 9.53 Å². The second kappa shape index (κ2) is 8.69. The van der Waals surface area contributed by atoms with Crippen molar-refractivity contribution in [2.75, 3.05) is 0 Å². The Morgan fingerprint density at radius 3 is 2.76 bits per heavy atom. The molecule has 21 heavy (non-hydrogen) atoms. The molecule has 0 aliphatic heterocycles. The van der Waals surface area contributed by atoms with Gasteiger partial charge in [-0.2, -0.15) is 0 Å². The van der Waals surface area contributed by atoms with Gasteiger partial charge in [0.25, 0.3) is 0 Å². The fourth-order valence-electron chi connectivity index (χ4n) is 1.89. The largest absolute Gasteiger partial charge is 0.455 e. The quantitative estimate of drug-likeness (QED) is 0.333. The standard InChI is InChI=1S/C18H26O2Si/c1-16(10-8-9-15-21(2,3)4)20-18(19)14-13-17-11-6-5-7-12-17/h8,10-11,13-14,16H,5-7,12H2,1-4H3/b10-8-,14-13+/t16-/m0/s1. The molecule has 0 saturated carbocycles. The maximum absolute atomic E-state index is 11.7. The molecule has 1 atom stereocenters. The molecule has 1 aliphatic carbocycles. The van der Waals surface area contributed by atoms with E-state index in [0.717, 1.165) is 12.8 Å².